The van der Waals surface area contributed by atoms with Gasteiger partial charge in [-0.15, -0.1) is 0 Å². The van der Waals surface area contributed by atoms with E-state index in [9.17, 15) is 4.79 Å². The van der Waals surface area contributed by atoms with Gasteiger partial charge in [0.15, 0.2) is 0 Å². The van der Waals surface area contributed by atoms with Gasteiger partial charge in [0, 0.05) is 5.92 Å². The molecule has 0 aliphatic heterocycles. The highest BCUT2D eigenvalue weighted by Crippen LogP contribution is 2.34. The summed E-state index contributed by atoms with van der Waals surface area (Å²) in [6.45, 7) is 2.19. The third kappa shape index (κ3) is 3.42. The molecule has 0 spiro atoms. The van der Waals surface area contributed by atoms with Gasteiger partial charge in [0.1, 0.15) is 0 Å². The van der Waals surface area contributed by atoms with Crippen molar-refractivity contribution in [2.24, 2.45) is 10.9 Å². The van der Waals surface area contributed by atoms with Crippen LogP contribution in [0.25, 0.3) is 0 Å². The molecule has 0 N–H and O–H groups in total. The minimum absolute atomic E-state index is 0.288. The summed E-state index contributed by atoms with van der Waals surface area (Å²) in [5.41, 5.74) is 3.76. The summed E-state index contributed by atoms with van der Waals surface area (Å²) in [6.07, 6.45) is 2.41. The number of nitrogens with zero attached hydrogens (tertiary/aromatic N) is 1. The number of aliphatic imine (C=N–C) groups is 1. The van der Waals surface area contributed by atoms with Crippen LogP contribution in [0.3, 0.4) is 0 Å². The number of rotatable bonds is 5. The Balaban J connectivity index is 1.85. The average molecular weight is 293 g/mol. The zero-order chi connectivity index (χ0) is 15.4. The third-order valence-electron chi connectivity index (χ3n) is 3.66. The van der Waals surface area contributed by atoms with E-state index in [1.165, 1.54) is 18.4 Å². The minimum atomic E-state index is -0.288. The van der Waals surface area contributed by atoms with E-state index in [1.54, 1.807) is 19.1 Å². The SMILES string of the molecule is CCOC(=O)c1ccc(N=C(c2ccccc2)C2CC2)cc1. The van der Waals surface area contributed by atoms with Crippen LogP contribution in [0.4, 0.5) is 5.69 Å². The smallest absolute Gasteiger partial charge is 0.338 e. The van der Waals surface area contributed by atoms with E-state index in [1.807, 2.05) is 30.3 Å². The quantitative estimate of drug-likeness (QED) is 0.605. The van der Waals surface area contributed by atoms with Crippen molar-refractivity contribution in [2.75, 3.05) is 6.61 Å². The number of esters is 1. The Bertz CT molecular complexity index is 670. The van der Waals surface area contributed by atoms with Gasteiger partial charge in [-0.25, -0.2) is 4.79 Å². The van der Waals surface area contributed by atoms with Crippen LogP contribution < -0.4 is 0 Å². The van der Waals surface area contributed by atoms with E-state index in [4.69, 9.17) is 9.73 Å². The number of benzene rings is 2. The van der Waals surface area contributed by atoms with Crippen molar-refractivity contribution in [2.45, 2.75) is 19.8 Å². The highest BCUT2D eigenvalue weighted by molar-refractivity contribution is 6.05. The van der Waals surface area contributed by atoms with E-state index in [0.29, 0.717) is 18.1 Å². The van der Waals surface area contributed by atoms with Crippen molar-refractivity contribution in [3.05, 3.63) is 65.7 Å². The molecule has 1 saturated carbocycles. The van der Waals surface area contributed by atoms with Crippen LogP contribution in [0.1, 0.15) is 35.7 Å². The van der Waals surface area contributed by atoms with Gasteiger partial charge in [0.25, 0.3) is 0 Å². The molecule has 0 atom stereocenters. The predicted molar refractivity (Wildman–Crippen MR) is 87.8 cm³/mol. The fourth-order valence-electron chi connectivity index (χ4n) is 2.38. The van der Waals surface area contributed by atoms with Crippen LogP contribution in [0.5, 0.6) is 0 Å². The van der Waals surface area contributed by atoms with Crippen LogP contribution in [0, 0.1) is 5.92 Å². The first-order valence-electron chi connectivity index (χ1n) is 7.69. The largest absolute Gasteiger partial charge is 0.462 e. The van der Waals surface area contributed by atoms with Crippen molar-refractivity contribution in [3.63, 3.8) is 0 Å². The van der Waals surface area contributed by atoms with Crippen molar-refractivity contribution in [1.29, 1.82) is 0 Å². The average Bonchev–Trinajstić information content (AvgIpc) is 3.39. The summed E-state index contributed by atoms with van der Waals surface area (Å²) in [5, 5.41) is 0. The molecule has 0 heterocycles. The number of hydrogen-bond acceptors (Lipinski definition) is 3. The van der Waals surface area contributed by atoms with Crippen LogP contribution in [-0.4, -0.2) is 18.3 Å². The molecule has 3 rings (SSSR count). The number of carbonyl (C=O) groups excluding carboxylic acids is 1. The molecule has 0 unspecified atom stereocenters. The van der Waals surface area contributed by atoms with Crippen molar-refractivity contribution in [3.8, 4) is 0 Å². The van der Waals surface area contributed by atoms with Gasteiger partial charge in [0.05, 0.1) is 23.6 Å². The first kappa shape index (κ1) is 14.5. The molecule has 1 aliphatic carbocycles. The van der Waals surface area contributed by atoms with E-state index >= 15 is 0 Å². The van der Waals surface area contributed by atoms with Crippen LogP contribution in [0.2, 0.25) is 0 Å². The Morgan fingerprint density at radius 3 is 2.32 bits per heavy atom. The Morgan fingerprint density at radius 1 is 1.05 bits per heavy atom. The second kappa shape index (κ2) is 6.56. The lowest BCUT2D eigenvalue weighted by molar-refractivity contribution is 0.0526. The molecule has 22 heavy (non-hydrogen) atoms. The summed E-state index contributed by atoms with van der Waals surface area (Å²) < 4.78 is 4.99. The molecule has 1 aliphatic rings. The Kier molecular flexibility index (Phi) is 4.33. The predicted octanol–water partition coefficient (Wildman–Crippen LogP) is 4.39. The molecule has 0 saturated heterocycles. The van der Waals surface area contributed by atoms with Crippen molar-refractivity contribution in [1.82, 2.24) is 0 Å². The molecule has 0 radical (unpaired) electrons. The topological polar surface area (TPSA) is 38.7 Å². The zero-order valence-electron chi connectivity index (χ0n) is 12.7. The van der Waals surface area contributed by atoms with Gasteiger partial charge >= 0.3 is 5.97 Å². The van der Waals surface area contributed by atoms with Gasteiger partial charge in [-0.3, -0.25) is 4.99 Å². The number of hydrogen-bond donors (Lipinski definition) is 0. The van der Waals surface area contributed by atoms with Gasteiger partial charge < -0.3 is 4.74 Å². The standard InChI is InChI=1S/C19H19NO2/c1-2-22-19(21)16-10-12-17(13-11-16)20-18(15-8-9-15)14-6-4-3-5-7-14/h3-7,10-13,15H,2,8-9H2,1H3. The van der Waals surface area contributed by atoms with Gasteiger partial charge in [0.2, 0.25) is 0 Å². The fourth-order valence-corrected chi connectivity index (χ4v) is 2.38. The highest BCUT2D eigenvalue weighted by Gasteiger charge is 2.28. The molecule has 0 bridgehead atoms. The molecule has 0 aromatic heterocycles. The lowest BCUT2D eigenvalue weighted by Crippen LogP contribution is -2.04. The van der Waals surface area contributed by atoms with Gasteiger partial charge in [-0.1, -0.05) is 30.3 Å². The molecule has 0 amide bonds. The first-order valence-corrected chi connectivity index (χ1v) is 7.69. The number of ether oxygens (including phenoxy) is 1. The highest BCUT2D eigenvalue weighted by atomic mass is 16.5. The number of carbonyl (C=O) groups is 1. The van der Waals surface area contributed by atoms with Crippen molar-refractivity contribution >= 4 is 17.4 Å². The normalized spacial score (nSPS) is 14.7. The summed E-state index contributed by atoms with van der Waals surface area (Å²) in [6, 6.07) is 17.6. The maximum Gasteiger partial charge on any atom is 0.338 e. The summed E-state index contributed by atoms with van der Waals surface area (Å²) in [5.74, 6) is 0.274. The maximum absolute atomic E-state index is 11.7. The van der Waals surface area contributed by atoms with Gasteiger partial charge in [-0.05, 0) is 49.6 Å². The summed E-state index contributed by atoms with van der Waals surface area (Å²) in [4.78, 5) is 16.5. The second-order valence-electron chi connectivity index (χ2n) is 5.40. The first-order chi connectivity index (χ1) is 10.8. The van der Waals surface area contributed by atoms with E-state index in [2.05, 4.69) is 12.1 Å². The Morgan fingerprint density at radius 2 is 1.73 bits per heavy atom. The van der Waals surface area contributed by atoms with Crippen molar-refractivity contribution < 1.29 is 9.53 Å². The Labute approximate surface area is 130 Å². The Hall–Kier alpha value is -2.42. The molecular weight excluding hydrogens is 274 g/mol. The molecule has 1 fully saturated rings. The van der Waals surface area contributed by atoms with Crippen LogP contribution in [-0.2, 0) is 4.74 Å². The van der Waals surface area contributed by atoms with Crippen LogP contribution >= 0.6 is 0 Å². The van der Waals surface area contributed by atoms with E-state index < -0.39 is 0 Å². The molecule has 3 heteroatoms. The lowest BCUT2D eigenvalue weighted by atomic mass is 10.1. The lowest BCUT2D eigenvalue weighted by Gasteiger charge is -2.06. The third-order valence-corrected chi connectivity index (χ3v) is 3.66. The molecule has 2 aromatic rings. The maximum atomic E-state index is 11.7. The monoisotopic (exact) mass is 293 g/mol. The van der Waals surface area contributed by atoms with E-state index in [0.717, 1.165) is 11.4 Å². The summed E-state index contributed by atoms with van der Waals surface area (Å²) in [7, 11) is 0. The molecule has 2 aromatic carbocycles. The molecule has 112 valence electrons. The molecule has 3 nitrogen and oxygen atoms in total. The molecular formula is C19H19NO2. The fraction of sp³-hybridized carbons (Fsp3) is 0.263. The summed E-state index contributed by atoms with van der Waals surface area (Å²) >= 11 is 0. The minimum Gasteiger partial charge on any atom is -0.462 e. The second-order valence-corrected chi connectivity index (χ2v) is 5.40. The zero-order valence-corrected chi connectivity index (χ0v) is 12.7. The van der Waals surface area contributed by atoms with Gasteiger partial charge in [-0.2, -0.15) is 0 Å². The van der Waals surface area contributed by atoms with E-state index in [-0.39, 0.29) is 5.97 Å². The van der Waals surface area contributed by atoms with Crippen LogP contribution in [0.15, 0.2) is 59.6 Å².